The van der Waals surface area contributed by atoms with Crippen molar-refractivity contribution in [3.63, 3.8) is 0 Å². The molecule has 0 saturated heterocycles. The van der Waals surface area contributed by atoms with E-state index in [9.17, 15) is 0 Å². The molecule has 1 radical (unpaired) electrons. The largest absolute Gasteiger partial charge is 0.0623 e. The third kappa shape index (κ3) is 1.52. The molecule has 0 amide bonds. The van der Waals surface area contributed by atoms with Crippen molar-refractivity contribution in [2.24, 2.45) is 0 Å². The zero-order chi connectivity index (χ0) is 8.39. The number of allylic oxidation sites excluding steroid dienone is 6. The summed E-state index contributed by atoms with van der Waals surface area (Å²) in [5.41, 5.74) is 4.30. The van der Waals surface area contributed by atoms with Crippen LogP contribution < -0.4 is 0 Å². The molecule has 2 aliphatic rings. The van der Waals surface area contributed by atoms with Gasteiger partial charge in [0.2, 0.25) is 0 Å². The lowest BCUT2D eigenvalue weighted by molar-refractivity contribution is 0.596. The lowest BCUT2D eigenvalue weighted by Crippen LogP contribution is -1.95. The molecule has 63 valence electrons. The minimum atomic E-state index is 1.28. The summed E-state index contributed by atoms with van der Waals surface area (Å²) in [6, 6.07) is 0. The minimum Gasteiger partial charge on any atom is -0.0623 e. The van der Waals surface area contributed by atoms with Crippen LogP contribution in [0.4, 0.5) is 0 Å². The smallest absolute Gasteiger partial charge is 0.00739 e. The Kier molecular flexibility index (Phi) is 2.16. The van der Waals surface area contributed by atoms with E-state index < -0.39 is 0 Å². The number of hydrogen-bond donors (Lipinski definition) is 0. The summed E-state index contributed by atoms with van der Waals surface area (Å²) >= 11 is 0. The van der Waals surface area contributed by atoms with E-state index in [1.54, 1.807) is 5.57 Å². The van der Waals surface area contributed by atoms with Crippen molar-refractivity contribution in [2.75, 3.05) is 0 Å². The van der Waals surface area contributed by atoms with E-state index in [4.69, 9.17) is 0 Å². The van der Waals surface area contributed by atoms with E-state index in [-0.39, 0.29) is 0 Å². The molecule has 0 aromatic rings. The molecule has 0 heterocycles. The lowest BCUT2D eigenvalue weighted by atomic mass is 9.91. The van der Waals surface area contributed by atoms with Gasteiger partial charge < -0.3 is 0 Å². The molecule has 0 aliphatic heterocycles. The molecule has 2 rings (SSSR count). The van der Waals surface area contributed by atoms with E-state index in [0.717, 1.165) is 0 Å². The summed E-state index contributed by atoms with van der Waals surface area (Å²) in [6.45, 7) is 2.12. The summed E-state index contributed by atoms with van der Waals surface area (Å²) in [7, 11) is 0. The molecule has 0 unspecified atom stereocenters. The highest BCUT2D eigenvalue weighted by Gasteiger charge is 2.10. The van der Waals surface area contributed by atoms with Crippen LogP contribution in [0, 0.1) is 6.08 Å². The van der Waals surface area contributed by atoms with Crippen molar-refractivity contribution in [3.8, 4) is 0 Å². The van der Waals surface area contributed by atoms with Gasteiger partial charge in [-0.3, -0.25) is 0 Å². The quantitative estimate of drug-likeness (QED) is 0.507. The Morgan fingerprint density at radius 2 is 1.83 bits per heavy atom. The van der Waals surface area contributed by atoms with Crippen LogP contribution in [0.1, 0.15) is 39.0 Å². The first-order valence-corrected chi connectivity index (χ1v) is 4.87. The summed E-state index contributed by atoms with van der Waals surface area (Å²) in [5.74, 6) is 0. The molecule has 0 aromatic heterocycles. The van der Waals surface area contributed by atoms with Crippen molar-refractivity contribution in [1.82, 2.24) is 0 Å². The molecular weight excluding hydrogens is 144 g/mol. The van der Waals surface area contributed by atoms with Crippen LogP contribution in [0.3, 0.4) is 0 Å². The standard InChI is InChI=1S/C12H15/c1-10-7-8-12(9-10)11-5-3-2-4-6-11/h7-8H,2-6H2,1H3. The minimum absolute atomic E-state index is 1.28. The fourth-order valence-electron chi connectivity index (χ4n) is 1.96. The Balaban J connectivity index is 2.19. The fraction of sp³-hybridized carbons (Fsp3) is 0.500. The van der Waals surface area contributed by atoms with Crippen molar-refractivity contribution in [2.45, 2.75) is 39.0 Å². The second kappa shape index (κ2) is 3.30. The Hall–Kier alpha value is -0.780. The molecule has 1 fully saturated rings. The van der Waals surface area contributed by atoms with Crippen molar-refractivity contribution < 1.29 is 0 Å². The molecule has 2 aliphatic carbocycles. The second-order valence-electron chi connectivity index (χ2n) is 3.72. The maximum absolute atomic E-state index is 3.41. The molecule has 0 spiro atoms. The van der Waals surface area contributed by atoms with Crippen molar-refractivity contribution in [1.29, 1.82) is 0 Å². The summed E-state index contributed by atoms with van der Waals surface area (Å²) in [6.07, 6.45) is 14.6. The van der Waals surface area contributed by atoms with Gasteiger partial charge >= 0.3 is 0 Å². The van der Waals surface area contributed by atoms with Crippen LogP contribution in [-0.2, 0) is 0 Å². The third-order valence-electron chi connectivity index (χ3n) is 2.67. The normalized spacial score (nSPS) is 23.2. The SMILES string of the molecule is CC1=[C]C(=C2CCCCC2)C=C1. The van der Waals surface area contributed by atoms with E-state index in [2.05, 4.69) is 25.2 Å². The first-order valence-electron chi connectivity index (χ1n) is 4.87. The van der Waals surface area contributed by atoms with Crippen LogP contribution in [0.2, 0.25) is 0 Å². The molecule has 0 bridgehead atoms. The van der Waals surface area contributed by atoms with E-state index in [1.165, 1.54) is 43.3 Å². The number of hydrogen-bond acceptors (Lipinski definition) is 0. The van der Waals surface area contributed by atoms with Crippen LogP contribution in [0.25, 0.3) is 0 Å². The van der Waals surface area contributed by atoms with Gasteiger partial charge in [0.15, 0.2) is 0 Å². The van der Waals surface area contributed by atoms with Crippen LogP contribution >= 0.6 is 0 Å². The topological polar surface area (TPSA) is 0 Å². The second-order valence-corrected chi connectivity index (χ2v) is 3.72. The van der Waals surface area contributed by atoms with Crippen molar-refractivity contribution >= 4 is 0 Å². The summed E-state index contributed by atoms with van der Waals surface area (Å²) < 4.78 is 0. The monoisotopic (exact) mass is 159 g/mol. The highest BCUT2D eigenvalue weighted by atomic mass is 14.2. The average molecular weight is 159 g/mol. The zero-order valence-electron chi connectivity index (χ0n) is 7.69. The van der Waals surface area contributed by atoms with Crippen LogP contribution in [-0.4, -0.2) is 0 Å². The Morgan fingerprint density at radius 3 is 2.42 bits per heavy atom. The third-order valence-corrected chi connectivity index (χ3v) is 2.67. The first-order chi connectivity index (χ1) is 5.86. The molecule has 0 aromatic carbocycles. The highest BCUT2D eigenvalue weighted by molar-refractivity contribution is 5.43. The van der Waals surface area contributed by atoms with Gasteiger partial charge in [0, 0.05) is 0 Å². The Bertz CT molecular complexity index is 256. The molecule has 0 atom stereocenters. The zero-order valence-corrected chi connectivity index (χ0v) is 7.69. The Morgan fingerprint density at radius 1 is 1.08 bits per heavy atom. The molecule has 0 N–H and O–H groups in total. The summed E-state index contributed by atoms with van der Waals surface area (Å²) in [5, 5.41) is 0. The van der Waals surface area contributed by atoms with Gasteiger partial charge in [-0.25, -0.2) is 0 Å². The van der Waals surface area contributed by atoms with Crippen LogP contribution in [0.15, 0.2) is 28.9 Å². The van der Waals surface area contributed by atoms with Crippen LogP contribution in [0.5, 0.6) is 0 Å². The van der Waals surface area contributed by atoms with Gasteiger partial charge in [-0.2, -0.15) is 0 Å². The maximum atomic E-state index is 3.41. The molecule has 0 nitrogen and oxygen atoms in total. The number of rotatable bonds is 0. The van der Waals surface area contributed by atoms with Gasteiger partial charge in [-0.15, -0.1) is 0 Å². The molecule has 1 saturated carbocycles. The molecular formula is C12H15. The predicted octanol–water partition coefficient (Wildman–Crippen LogP) is 3.57. The molecule has 0 heteroatoms. The maximum Gasteiger partial charge on any atom is -0.00739 e. The van der Waals surface area contributed by atoms with Crippen molar-refractivity contribution in [3.05, 3.63) is 34.9 Å². The van der Waals surface area contributed by atoms with E-state index in [0.29, 0.717) is 0 Å². The van der Waals surface area contributed by atoms with Gasteiger partial charge in [0.25, 0.3) is 0 Å². The molecule has 12 heavy (non-hydrogen) atoms. The summed E-state index contributed by atoms with van der Waals surface area (Å²) in [4.78, 5) is 0. The van der Waals surface area contributed by atoms with Gasteiger partial charge in [0.1, 0.15) is 0 Å². The fourth-order valence-corrected chi connectivity index (χ4v) is 1.96. The Labute approximate surface area is 74.7 Å². The first kappa shape index (κ1) is 7.85. The van der Waals surface area contributed by atoms with E-state index >= 15 is 0 Å². The highest BCUT2D eigenvalue weighted by Crippen LogP contribution is 2.29. The van der Waals surface area contributed by atoms with Gasteiger partial charge in [-0.05, 0) is 49.8 Å². The average Bonchev–Trinajstić information content (AvgIpc) is 2.54. The van der Waals surface area contributed by atoms with E-state index in [1.807, 2.05) is 0 Å². The predicted molar refractivity (Wildman–Crippen MR) is 51.7 cm³/mol. The lowest BCUT2D eigenvalue weighted by Gasteiger charge is -2.14. The van der Waals surface area contributed by atoms with Gasteiger partial charge in [-0.1, -0.05) is 24.1 Å². The van der Waals surface area contributed by atoms with Gasteiger partial charge in [0.05, 0.1) is 0 Å².